The van der Waals surface area contributed by atoms with Crippen molar-refractivity contribution in [2.75, 3.05) is 13.7 Å². The fourth-order valence-corrected chi connectivity index (χ4v) is 2.00. The lowest BCUT2D eigenvalue weighted by Gasteiger charge is -2.03. The van der Waals surface area contributed by atoms with E-state index in [1.807, 2.05) is 12.1 Å². The highest BCUT2D eigenvalue weighted by Crippen LogP contribution is 2.15. The second-order valence-electron chi connectivity index (χ2n) is 4.76. The summed E-state index contributed by atoms with van der Waals surface area (Å²) in [5, 5.41) is 8.55. The maximum atomic E-state index is 11.3. The maximum Gasteiger partial charge on any atom is 0.271 e. The number of aromatic nitrogens is 2. The molecule has 0 saturated heterocycles. The van der Waals surface area contributed by atoms with Crippen LogP contribution >= 0.6 is 11.6 Å². The second-order valence-corrected chi connectivity index (χ2v) is 5.20. The molecule has 0 fully saturated rings. The highest BCUT2D eigenvalue weighted by atomic mass is 35.5. The molecular formula is C16H17ClN4O3. The number of nitrogens with zero attached hydrogens (tertiary/aromatic N) is 3. The van der Waals surface area contributed by atoms with Crippen LogP contribution in [0, 0.1) is 0 Å². The van der Waals surface area contributed by atoms with Crippen molar-refractivity contribution in [3.63, 3.8) is 0 Å². The zero-order chi connectivity index (χ0) is 17.5. The Balaban J connectivity index is 2.00. The number of carbonyl (C=O) groups is 1. The smallest absolute Gasteiger partial charge is 0.271 e. The van der Waals surface area contributed by atoms with Crippen molar-refractivity contribution >= 4 is 23.2 Å². The van der Waals surface area contributed by atoms with Crippen LogP contribution in [0.25, 0.3) is 5.69 Å². The normalized spacial score (nSPS) is 12.1. The SMILES string of the molecule is CO/N=C(C(N)=O)\C(C)=C/COc1ccn(-c2ccc(Cl)cc2)n1. The van der Waals surface area contributed by atoms with Gasteiger partial charge in [0.2, 0.25) is 5.88 Å². The molecule has 0 spiro atoms. The zero-order valence-corrected chi connectivity index (χ0v) is 14.0. The minimum absolute atomic E-state index is 0.0489. The quantitative estimate of drug-likeness (QED) is 0.614. The topological polar surface area (TPSA) is 91.7 Å². The van der Waals surface area contributed by atoms with Gasteiger partial charge in [0.25, 0.3) is 5.91 Å². The van der Waals surface area contributed by atoms with Crippen molar-refractivity contribution in [3.05, 3.63) is 53.2 Å². The van der Waals surface area contributed by atoms with Crippen LogP contribution in [0.1, 0.15) is 6.92 Å². The summed E-state index contributed by atoms with van der Waals surface area (Å²) in [7, 11) is 1.34. The number of amides is 1. The maximum absolute atomic E-state index is 11.3. The number of carbonyl (C=O) groups excluding carboxylic acids is 1. The molecule has 0 saturated carbocycles. The highest BCUT2D eigenvalue weighted by molar-refractivity contribution is 6.44. The van der Waals surface area contributed by atoms with Crippen LogP contribution in [0.2, 0.25) is 5.02 Å². The van der Waals surface area contributed by atoms with Gasteiger partial charge in [0, 0.05) is 17.3 Å². The summed E-state index contributed by atoms with van der Waals surface area (Å²) in [4.78, 5) is 15.8. The third kappa shape index (κ3) is 4.60. The Labute approximate surface area is 144 Å². The van der Waals surface area contributed by atoms with E-state index in [0.29, 0.717) is 16.5 Å². The first kappa shape index (κ1) is 17.6. The molecule has 24 heavy (non-hydrogen) atoms. The number of hydrogen-bond acceptors (Lipinski definition) is 5. The van der Waals surface area contributed by atoms with Crippen molar-refractivity contribution < 1.29 is 14.4 Å². The molecule has 8 heteroatoms. The van der Waals surface area contributed by atoms with Gasteiger partial charge in [-0.3, -0.25) is 4.79 Å². The van der Waals surface area contributed by atoms with Crippen LogP contribution in [0.3, 0.4) is 0 Å². The molecule has 0 radical (unpaired) electrons. The first-order valence-corrected chi connectivity index (χ1v) is 7.41. The molecule has 7 nitrogen and oxygen atoms in total. The Morgan fingerprint density at radius 3 is 2.71 bits per heavy atom. The van der Waals surface area contributed by atoms with E-state index in [2.05, 4.69) is 15.1 Å². The van der Waals surface area contributed by atoms with E-state index in [0.717, 1.165) is 5.69 Å². The monoisotopic (exact) mass is 348 g/mol. The fourth-order valence-electron chi connectivity index (χ4n) is 1.87. The van der Waals surface area contributed by atoms with Gasteiger partial charge in [-0.1, -0.05) is 16.8 Å². The number of nitrogens with two attached hydrogens (primary N) is 1. The van der Waals surface area contributed by atoms with Crippen LogP contribution in [-0.2, 0) is 9.63 Å². The molecular weight excluding hydrogens is 332 g/mol. The van der Waals surface area contributed by atoms with Gasteiger partial charge < -0.3 is 15.3 Å². The van der Waals surface area contributed by atoms with Crippen molar-refractivity contribution in [2.24, 2.45) is 10.9 Å². The molecule has 0 aliphatic carbocycles. The average molecular weight is 349 g/mol. The summed E-state index contributed by atoms with van der Waals surface area (Å²) in [6.45, 7) is 1.90. The first-order valence-electron chi connectivity index (χ1n) is 7.03. The first-order chi connectivity index (χ1) is 11.5. The van der Waals surface area contributed by atoms with E-state index in [-0.39, 0.29) is 12.3 Å². The Kier molecular flexibility index (Phi) is 5.97. The van der Waals surface area contributed by atoms with E-state index in [9.17, 15) is 4.79 Å². The molecule has 2 rings (SSSR count). The molecule has 1 amide bonds. The van der Waals surface area contributed by atoms with E-state index in [1.54, 1.807) is 42.1 Å². The van der Waals surface area contributed by atoms with Gasteiger partial charge in [-0.25, -0.2) is 4.68 Å². The van der Waals surface area contributed by atoms with E-state index >= 15 is 0 Å². The summed E-state index contributed by atoms with van der Waals surface area (Å²) in [5.74, 6) is -0.226. The van der Waals surface area contributed by atoms with Gasteiger partial charge in [-0.05, 0) is 42.8 Å². The number of rotatable bonds is 7. The molecule has 0 atom stereocenters. The second kappa shape index (κ2) is 8.16. The van der Waals surface area contributed by atoms with Crippen LogP contribution in [0.15, 0.2) is 53.3 Å². The molecule has 126 valence electrons. The van der Waals surface area contributed by atoms with Crippen LogP contribution in [0.5, 0.6) is 5.88 Å². The Morgan fingerprint density at radius 2 is 2.08 bits per heavy atom. The Hall–Kier alpha value is -2.80. The molecule has 2 aromatic rings. The molecule has 0 aliphatic rings. The number of halogens is 1. The van der Waals surface area contributed by atoms with Crippen LogP contribution in [-0.4, -0.2) is 35.1 Å². The largest absolute Gasteiger partial charge is 0.472 e. The van der Waals surface area contributed by atoms with E-state index in [1.165, 1.54) is 7.11 Å². The van der Waals surface area contributed by atoms with Crippen molar-refractivity contribution in [3.8, 4) is 11.6 Å². The number of ether oxygens (including phenoxy) is 1. The lowest BCUT2D eigenvalue weighted by atomic mass is 10.1. The van der Waals surface area contributed by atoms with Gasteiger partial charge in [0.15, 0.2) is 5.71 Å². The molecule has 0 bridgehead atoms. The van der Waals surface area contributed by atoms with Crippen LogP contribution < -0.4 is 10.5 Å². The van der Waals surface area contributed by atoms with Gasteiger partial charge in [0.05, 0.1) is 5.69 Å². The molecule has 1 aromatic carbocycles. The van der Waals surface area contributed by atoms with E-state index in [4.69, 9.17) is 22.1 Å². The summed E-state index contributed by atoms with van der Waals surface area (Å²) in [6.07, 6.45) is 3.44. The Bertz CT molecular complexity index is 766. The molecule has 1 aromatic heterocycles. The third-order valence-electron chi connectivity index (χ3n) is 3.07. The van der Waals surface area contributed by atoms with Crippen molar-refractivity contribution in [1.82, 2.24) is 9.78 Å². The van der Waals surface area contributed by atoms with Crippen LogP contribution in [0.4, 0.5) is 0 Å². The summed E-state index contributed by atoms with van der Waals surface area (Å²) in [6, 6.07) is 9.00. The number of oxime groups is 1. The van der Waals surface area contributed by atoms with Gasteiger partial charge in [-0.2, -0.15) is 0 Å². The predicted octanol–water partition coefficient (Wildman–Crippen LogP) is 2.34. The summed E-state index contributed by atoms with van der Waals surface area (Å²) in [5.41, 5.74) is 6.70. The van der Waals surface area contributed by atoms with Crippen molar-refractivity contribution in [2.45, 2.75) is 6.92 Å². The average Bonchev–Trinajstić information content (AvgIpc) is 3.01. The molecule has 2 N–H and O–H groups in total. The number of benzene rings is 1. The number of primary amides is 1. The standard InChI is InChI=1S/C16H17ClN4O3/c1-11(15(16(18)22)20-23-2)8-10-24-14-7-9-21(19-14)13-5-3-12(17)4-6-13/h3-9H,10H2,1-2H3,(H2,18,22)/b11-8-,20-15+. The number of hydrogen-bond donors (Lipinski definition) is 1. The third-order valence-corrected chi connectivity index (χ3v) is 3.32. The van der Waals surface area contributed by atoms with Gasteiger partial charge in [-0.15, -0.1) is 5.10 Å². The lowest BCUT2D eigenvalue weighted by Crippen LogP contribution is -2.24. The molecule has 0 unspecified atom stereocenters. The van der Waals surface area contributed by atoms with Gasteiger partial charge >= 0.3 is 0 Å². The fraction of sp³-hybridized carbons (Fsp3) is 0.188. The zero-order valence-electron chi connectivity index (χ0n) is 13.3. The predicted molar refractivity (Wildman–Crippen MR) is 91.5 cm³/mol. The lowest BCUT2D eigenvalue weighted by molar-refractivity contribution is -0.112. The molecule has 1 heterocycles. The van der Waals surface area contributed by atoms with E-state index < -0.39 is 5.91 Å². The Morgan fingerprint density at radius 1 is 1.38 bits per heavy atom. The van der Waals surface area contributed by atoms with Crippen molar-refractivity contribution in [1.29, 1.82) is 0 Å². The summed E-state index contributed by atoms with van der Waals surface area (Å²) < 4.78 is 7.20. The van der Waals surface area contributed by atoms with Gasteiger partial charge in [0.1, 0.15) is 13.7 Å². The minimum Gasteiger partial charge on any atom is -0.472 e. The molecule has 0 aliphatic heterocycles. The summed E-state index contributed by atoms with van der Waals surface area (Å²) >= 11 is 5.86. The minimum atomic E-state index is -0.669. The highest BCUT2D eigenvalue weighted by Gasteiger charge is 2.10.